The van der Waals surface area contributed by atoms with Crippen LogP contribution in [-0.2, 0) is 11.2 Å². The summed E-state index contributed by atoms with van der Waals surface area (Å²) in [5.41, 5.74) is 1.03. The maximum absolute atomic E-state index is 11.0. The van der Waals surface area contributed by atoms with Gasteiger partial charge in [0.1, 0.15) is 6.04 Å². The molecule has 1 atom stereocenters. The van der Waals surface area contributed by atoms with Crippen LogP contribution >= 0.6 is 15.9 Å². The van der Waals surface area contributed by atoms with Gasteiger partial charge < -0.3 is 5.11 Å². The van der Waals surface area contributed by atoms with Gasteiger partial charge >= 0.3 is 5.97 Å². The molecule has 4 heteroatoms. The minimum Gasteiger partial charge on any atom is -0.480 e. The van der Waals surface area contributed by atoms with Gasteiger partial charge in [0.2, 0.25) is 0 Å². The summed E-state index contributed by atoms with van der Waals surface area (Å²) in [5.74, 6) is -0.789. The van der Waals surface area contributed by atoms with Crippen molar-refractivity contribution in [3.05, 3.63) is 34.3 Å². The van der Waals surface area contributed by atoms with Crippen molar-refractivity contribution in [2.75, 3.05) is 14.1 Å². The van der Waals surface area contributed by atoms with E-state index in [1.54, 1.807) is 19.0 Å². The Labute approximate surface area is 97.8 Å². The average Bonchev–Trinajstić information content (AvgIpc) is 2.15. The number of hydrogen-bond donors (Lipinski definition) is 1. The standard InChI is InChI=1S/C11H14BrNO2/c1-13(2)10(11(14)15)7-8-3-5-9(12)6-4-8/h3-6,10H,7H2,1-2H3,(H,14,15). The Hall–Kier alpha value is -0.870. The van der Waals surface area contributed by atoms with Crippen molar-refractivity contribution in [2.24, 2.45) is 0 Å². The van der Waals surface area contributed by atoms with Crippen molar-refractivity contribution in [1.82, 2.24) is 4.90 Å². The zero-order valence-corrected chi connectivity index (χ0v) is 10.4. The van der Waals surface area contributed by atoms with Gasteiger partial charge in [0.15, 0.2) is 0 Å². The van der Waals surface area contributed by atoms with Gasteiger partial charge in [-0.15, -0.1) is 0 Å². The van der Waals surface area contributed by atoms with E-state index < -0.39 is 12.0 Å². The Morgan fingerprint density at radius 1 is 1.40 bits per heavy atom. The normalized spacial score (nSPS) is 12.8. The van der Waals surface area contributed by atoms with Crippen LogP contribution in [0.4, 0.5) is 0 Å². The average molecular weight is 272 g/mol. The van der Waals surface area contributed by atoms with Gasteiger partial charge in [-0.05, 0) is 38.2 Å². The molecule has 1 N–H and O–H groups in total. The maximum Gasteiger partial charge on any atom is 0.321 e. The van der Waals surface area contributed by atoms with Crippen LogP contribution in [0, 0.1) is 0 Å². The molecule has 0 amide bonds. The van der Waals surface area contributed by atoms with Crippen LogP contribution in [-0.4, -0.2) is 36.1 Å². The summed E-state index contributed by atoms with van der Waals surface area (Å²) in [7, 11) is 3.55. The molecule has 1 aromatic rings. The van der Waals surface area contributed by atoms with Crippen molar-refractivity contribution < 1.29 is 9.90 Å². The number of carboxylic acids is 1. The zero-order chi connectivity index (χ0) is 11.4. The number of benzene rings is 1. The van der Waals surface area contributed by atoms with Crippen molar-refractivity contribution >= 4 is 21.9 Å². The van der Waals surface area contributed by atoms with Crippen molar-refractivity contribution in [3.63, 3.8) is 0 Å². The molecule has 1 rings (SSSR count). The molecule has 1 aromatic carbocycles. The molecule has 0 aliphatic rings. The summed E-state index contributed by atoms with van der Waals surface area (Å²) < 4.78 is 1.00. The van der Waals surface area contributed by atoms with Gasteiger partial charge in [-0.1, -0.05) is 28.1 Å². The molecule has 0 fully saturated rings. The highest BCUT2D eigenvalue weighted by molar-refractivity contribution is 9.10. The predicted molar refractivity (Wildman–Crippen MR) is 63.0 cm³/mol. The number of aliphatic carboxylic acids is 1. The first-order chi connectivity index (χ1) is 7.00. The first-order valence-electron chi connectivity index (χ1n) is 4.64. The molecule has 0 aromatic heterocycles. The van der Waals surface area contributed by atoms with Gasteiger partial charge in [0, 0.05) is 4.47 Å². The molecule has 0 aliphatic carbocycles. The molecule has 82 valence electrons. The third kappa shape index (κ3) is 3.64. The fourth-order valence-corrected chi connectivity index (χ4v) is 1.60. The Morgan fingerprint density at radius 3 is 2.33 bits per heavy atom. The largest absolute Gasteiger partial charge is 0.480 e. The van der Waals surface area contributed by atoms with Crippen LogP contribution in [0.3, 0.4) is 0 Å². The SMILES string of the molecule is CN(C)C(Cc1ccc(Br)cc1)C(=O)O. The van der Waals surface area contributed by atoms with Crippen LogP contribution in [0.5, 0.6) is 0 Å². The molecule has 0 saturated carbocycles. The molecule has 3 nitrogen and oxygen atoms in total. The monoisotopic (exact) mass is 271 g/mol. The Bertz CT molecular complexity index is 335. The smallest absolute Gasteiger partial charge is 0.321 e. The summed E-state index contributed by atoms with van der Waals surface area (Å²) in [6, 6.07) is 7.24. The minimum atomic E-state index is -0.789. The summed E-state index contributed by atoms with van der Waals surface area (Å²) in [4.78, 5) is 12.7. The quantitative estimate of drug-likeness (QED) is 0.911. The molecule has 0 radical (unpaired) electrons. The van der Waals surface area contributed by atoms with E-state index in [1.165, 1.54) is 0 Å². The summed E-state index contributed by atoms with van der Waals surface area (Å²) in [6.45, 7) is 0. The lowest BCUT2D eigenvalue weighted by Crippen LogP contribution is -2.37. The highest BCUT2D eigenvalue weighted by Gasteiger charge is 2.19. The van der Waals surface area contributed by atoms with Crippen molar-refractivity contribution in [3.8, 4) is 0 Å². The molecule has 1 unspecified atom stereocenters. The summed E-state index contributed by atoms with van der Waals surface area (Å²) >= 11 is 3.34. The van der Waals surface area contributed by atoms with E-state index >= 15 is 0 Å². The first-order valence-corrected chi connectivity index (χ1v) is 5.43. The van der Waals surface area contributed by atoms with E-state index in [9.17, 15) is 4.79 Å². The van der Waals surface area contributed by atoms with E-state index in [0.29, 0.717) is 6.42 Å². The van der Waals surface area contributed by atoms with E-state index in [-0.39, 0.29) is 0 Å². The molecule has 0 spiro atoms. The third-order valence-electron chi connectivity index (χ3n) is 2.25. The van der Waals surface area contributed by atoms with Crippen LogP contribution in [0.15, 0.2) is 28.7 Å². The highest BCUT2D eigenvalue weighted by atomic mass is 79.9. The molecule has 0 heterocycles. The number of carboxylic acid groups (broad SMARTS) is 1. The van der Waals surface area contributed by atoms with Crippen molar-refractivity contribution in [1.29, 1.82) is 0 Å². The second-order valence-electron chi connectivity index (χ2n) is 3.65. The molecule has 0 bridgehead atoms. The number of nitrogens with zero attached hydrogens (tertiary/aromatic N) is 1. The number of carbonyl (C=O) groups is 1. The Morgan fingerprint density at radius 2 is 1.93 bits per heavy atom. The van der Waals surface area contributed by atoms with Crippen LogP contribution < -0.4 is 0 Å². The van der Waals surface area contributed by atoms with Gasteiger partial charge in [-0.25, -0.2) is 0 Å². The maximum atomic E-state index is 11.0. The highest BCUT2D eigenvalue weighted by Crippen LogP contribution is 2.13. The third-order valence-corrected chi connectivity index (χ3v) is 2.78. The lowest BCUT2D eigenvalue weighted by molar-refractivity contribution is -0.142. The van der Waals surface area contributed by atoms with Gasteiger partial charge in [-0.3, -0.25) is 9.69 Å². The number of rotatable bonds is 4. The van der Waals surface area contributed by atoms with E-state index in [1.807, 2.05) is 24.3 Å². The minimum absolute atomic E-state index is 0.467. The molecule has 0 saturated heterocycles. The van der Waals surface area contributed by atoms with Gasteiger partial charge in [-0.2, -0.15) is 0 Å². The van der Waals surface area contributed by atoms with E-state index in [2.05, 4.69) is 15.9 Å². The fraction of sp³-hybridized carbons (Fsp3) is 0.364. The lowest BCUT2D eigenvalue weighted by atomic mass is 10.1. The summed E-state index contributed by atoms with van der Waals surface area (Å²) in [5, 5.41) is 9.01. The molecule has 0 aliphatic heterocycles. The van der Waals surface area contributed by atoms with Gasteiger partial charge in [0.25, 0.3) is 0 Å². The van der Waals surface area contributed by atoms with Crippen LogP contribution in [0.1, 0.15) is 5.56 Å². The Kier molecular flexibility index (Phi) is 4.29. The van der Waals surface area contributed by atoms with Crippen molar-refractivity contribution in [2.45, 2.75) is 12.5 Å². The topological polar surface area (TPSA) is 40.5 Å². The second-order valence-corrected chi connectivity index (χ2v) is 4.56. The molecule has 15 heavy (non-hydrogen) atoms. The van der Waals surface area contributed by atoms with E-state index in [0.717, 1.165) is 10.0 Å². The zero-order valence-electron chi connectivity index (χ0n) is 8.77. The molecular weight excluding hydrogens is 258 g/mol. The predicted octanol–water partition coefficient (Wildman–Crippen LogP) is 2.01. The molecular formula is C11H14BrNO2. The van der Waals surface area contributed by atoms with Crippen LogP contribution in [0.25, 0.3) is 0 Å². The van der Waals surface area contributed by atoms with Crippen LogP contribution in [0.2, 0.25) is 0 Å². The number of likely N-dealkylation sites (N-methyl/N-ethyl adjacent to an activating group) is 1. The fourth-order valence-electron chi connectivity index (χ4n) is 1.33. The second kappa shape index (κ2) is 5.28. The number of halogens is 1. The lowest BCUT2D eigenvalue weighted by Gasteiger charge is -2.19. The van der Waals surface area contributed by atoms with Gasteiger partial charge in [0.05, 0.1) is 0 Å². The number of hydrogen-bond acceptors (Lipinski definition) is 2. The first kappa shape index (κ1) is 12.2. The Balaban J connectivity index is 2.74. The summed E-state index contributed by atoms with van der Waals surface area (Å²) in [6.07, 6.45) is 0.523. The van der Waals surface area contributed by atoms with E-state index in [4.69, 9.17) is 5.11 Å².